The second-order valence-corrected chi connectivity index (χ2v) is 6.41. The van der Waals surface area contributed by atoms with Crippen molar-refractivity contribution in [3.63, 3.8) is 0 Å². The van der Waals surface area contributed by atoms with Gasteiger partial charge in [0.2, 0.25) is 5.78 Å². The molecular formula is C19H23FN3O4+. The van der Waals surface area contributed by atoms with Crippen molar-refractivity contribution < 1.29 is 28.4 Å². The maximum Gasteiger partial charge on any atom is 0.339 e. The average Bonchev–Trinajstić information content (AvgIpc) is 2.88. The summed E-state index contributed by atoms with van der Waals surface area (Å²) in [4.78, 5) is 40.0. The molecule has 0 bridgehead atoms. The highest BCUT2D eigenvalue weighted by Gasteiger charge is 2.24. The molecule has 8 heteroatoms. The molecule has 7 nitrogen and oxygen atoms in total. The fourth-order valence-electron chi connectivity index (χ4n) is 2.91. The van der Waals surface area contributed by atoms with Crippen LogP contribution in [-0.4, -0.2) is 49.9 Å². The summed E-state index contributed by atoms with van der Waals surface area (Å²) < 4.78 is 17.9. The Kier molecular flexibility index (Phi) is 6.46. The number of anilines is 1. The zero-order valence-electron chi connectivity index (χ0n) is 15.7. The number of esters is 1. The van der Waals surface area contributed by atoms with Crippen molar-refractivity contribution in [2.45, 2.75) is 13.8 Å². The van der Waals surface area contributed by atoms with E-state index < -0.39 is 11.8 Å². The molecular weight excluding hydrogens is 353 g/mol. The van der Waals surface area contributed by atoms with Crippen molar-refractivity contribution in [1.82, 2.24) is 4.98 Å². The topological polar surface area (TPSA) is 92.7 Å². The zero-order chi connectivity index (χ0) is 20.1. The van der Waals surface area contributed by atoms with Crippen LogP contribution < -0.4 is 10.2 Å². The summed E-state index contributed by atoms with van der Waals surface area (Å²) in [6, 6.07) is 5.59. The number of benzene rings is 1. The zero-order valence-corrected chi connectivity index (χ0v) is 15.7. The molecule has 0 fully saturated rings. The number of carbonyl (C=O) groups is 3. The molecule has 0 saturated heterocycles. The van der Waals surface area contributed by atoms with Crippen molar-refractivity contribution in [2.24, 2.45) is 0 Å². The number of ether oxygens (including phenoxy) is 1. The molecule has 0 aliphatic rings. The molecule has 1 amide bonds. The molecule has 0 aliphatic carbocycles. The van der Waals surface area contributed by atoms with Gasteiger partial charge in [0, 0.05) is 11.4 Å². The number of halogens is 1. The van der Waals surface area contributed by atoms with Gasteiger partial charge >= 0.3 is 5.97 Å². The molecule has 0 aliphatic heterocycles. The number of aromatic amines is 1. The van der Waals surface area contributed by atoms with E-state index in [0.717, 1.165) is 0 Å². The number of aromatic nitrogens is 1. The number of ketones is 1. The first-order valence-electron chi connectivity index (χ1n) is 8.40. The van der Waals surface area contributed by atoms with Gasteiger partial charge in [0.25, 0.3) is 5.91 Å². The molecule has 2 rings (SSSR count). The molecule has 1 heterocycles. The third-order valence-electron chi connectivity index (χ3n) is 4.14. The maximum atomic E-state index is 13.2. The van der Waals surface area contributed by atoms with Crippen LogP contribution in [0.5, 0.6) is 0 Å². The van der Waals surface area contributed by atoms with Gasteiger partial charge < -0.3 is 19.9 Å². The summed E-state index contributed by atoms with van der Waals surface area (Å²) in [7, 11) is 2.99. The average molecular weight is 376 g/mol. The minimum Gasteiger partial charge on any atom is -0.465 e. The highest BCUT2D eigenvalue weighted by Crippen LogP contribution is 2.19. The van der Waals surface area contributed by atoms with Crippen molar-refractivity contribution in [1.29, 1.82) is 0 Å². The molecule has 0 spiro atoms. The number of hydrogen-bond acceptors (Lipinski definition) is 4. The summed E-state index contributed by atoms with van der Waals surface area (Å²) in [5, 5.41) is 2.59. The highest BCUT2D eigenvalue weighted by atomic mass is 19.1. The molecule has 0 radical (unpaired) electrons. The van der Waals surface area contributed by atoms with Gasteiger partial charge in [-0.2, -0.15) is 0 Å². The first-order chi connectivity index (χ1) is 12.7. The van der Waals surface area contributed by atoms with E-state index in [2.05, 4.69) is 10.3 Å². The van der Waals surface area contributed by atoms with Crippen LogP contribution in [0, 0.1) is 19.7 Å². The van der Waals surface area contributed by atoms with Crippen LogP contribution in [0.3, 0.4) is 0 Å². The minimum atomic E-state index is -0.504. The first kappa shape index (κ1) is 20.3. The summed E-state index contributed by atoms with van der Waals surface area (Å²) in [5.74, 6) is -1.50. The Hall–Kier alpha value is -3.00. The van der Waals surface area contributed by atoms with Crippen LogP contribution in [0.2, 0.25) is 0 Å². The van der Waals surface area contributed by atoms with Gasteiger partial charge in [-0.15, -0.1) is 0 Å². The van der Waals surface area contributed by atoms with Gasteiger partial charge in [-0.05, 0) is 37.6 Å². The normalized spacial score (nSPS) is 11.7. The fourth-order valence-corrected chi connectivity index (χ4v) is 2.91. The number of methoxy groups -OCH3 is 1. The lowest BCUT2D eigenvalue weighted by atomic mass is 10.1. The molecule has 1 unspecified atom stereocenters. The Morgan fingerprint density at radius 1 is 1.22 bits per heavy atom. The van der Waals surface area contributed by atoms with E-state index >= 15 is 0 Å². The van der Waals surface area contributed by atoms with E-state index in [1.165, 1.54) is 25.3 Å². The lowest BCUT2D eigenvalue weighted by Gasteiger charge is -2.13. The Bertz CT molecular complexity index is 876. The lowest BCUT2D eigenvalue weighted by Crippen LogP contribution is -3.11. The number of amides is 1. The largest absolute Gasteiger partial charge is 0.465 e. The molecule has 27 heavy (non-hydrogen) atoms. The summed E-state index contributed by atoms with van der Waals surface area (Å²) in [6.07, 6.45) is 0. The predicted octanol–water partition coefficient (Wildman–Crippen LogP) is 0.893. The second-order valence-electron chi connectivity index (χ2n) is 6.41. The van der Waals surface area contributed by atoms with E-state index in [0.29, 0.717) is 33.1 Å². The molecule has 144 valence electrons. The fraction of sp³-hybridized carbons (Fsp3) is 0.316. The summed E-state index contributed by atoms with van der Waals surface area (Å²) in [6.45, 7) is 3.46. The van der Waals surface area contributed by atoms with Crippen LogP contribution in [-0.2, 0) is 9.53 Å². The van der Waals surface area contributed by atoms with Gasteiger partial charge in [-0.1, -0.05) is 6.07 Å². The number of aryl methyl sites for hydroxylation is 1. The minimum absolute atomic E-state index is 0.0326. The van der Waals surface area contributed by atoms with Gasteiger partial charge in [0.05, 0.1) is 25.4 Å². The van der Waals surface area contributed by atoms with Gasteiger partial charge in [0.15, 0.2) is 6.54 Å². The number of H-pyrrole nitrogens is 1. The number of nitrogens with one attached hydrogen (secondary N) is 3. The van der Waals surface area contributed by atoms with E-state index in [-0.39, 0.29) is 24.8 Å². The monoisotopic (exact) mass is 376 g/mol. The van der Waals surface area contributed by atoms with Crippen LogP contribution in [0.15, 0.2) is 24.3 Å². The van der Waals surface area contributed by atoms with Crippen LogP contribution >= 0.6 is 0 Å². The number of rotatable bonds is 7. The smallest absolute Gasteiger partial charge is 0.339 e. The molecule has 3 N–H and O–H groups in total. The molecule has 2 aromatic rings. The van der Waals surface area contributed by atoms with E-state index in [4.69, 9.17) is 4.74 Å². The molecule has 0 saturated carbocycles. The number of quaternary nitrogens is 1. The first-order valence-corrected chi connectivity index (χ1v) is 8.40. The maximum absolute atomic E-state index is 13.2. The van der Waals surface area contributed by atoms with Crippen LogP contribution in [0.4, 0.5) is 10.1 Å². The predicted molar refractivity (Wildman–Crippen MR) is 97.6 cm³/mol. The molecule has 1 aromatic heterocycles. The summed E-state index contributed by atoms with van der Waals surface area (Å²) in [5.41, 5.74) is 2.13. The van der Waals surface area contributed by atoms with Crippen molar-refractivity contribution in [3.8, 4) is 0 Å². The summed E-state index contributed by atoms with van der Waals surface area (Å²) >= 11 is 0. The van der Waals surface area contributed by atoms with Crippen molar-refractivity contribution >= 4 is 23.3 Å². The molecule has 1 atom stereocenters. The highest BCUT2D eigenvalue weighted by molar-refractivity contribution is 6.02. The van der Waals surface area contributed by atoms with Crippen LogP contribution in [0.25, 0.3) is 0 Å². The second kappa shape index (κ2) is 8.59. The Morgan fingerprint density at radius 3 is 2.56 bits per heavy atom. The third-order valence-corrected chi connectivity index (χ3v) is 4.14. The van der Waals surface area contributed by atoms with Crippen molar-refractivity contribution in [3.05, 3.63) is 52.6 Å². The van der Waals surface area contributed by atoms with Crippen LogP contribution in [0.1, 0.15) is 32.1 Å². The Balaban J connectivity index is 1.99. The van der Waals surface area contributed by atoms with E-state index in [1.807, 2.05) is 0 Å². The molecule has 1 aromatic carbocycles. The number of hydrogen-bond donors (Lipinski definition) is 3. The Morgan fingerprint density at radius 2 is 1.93 bits per heavy atom. The van der Waals surface area contributed by atoms with Gasteiger partial charge in [0.1, 0.15) is 12.4 Å². The number of Topliss-reactive ketones (excluding diaryl/α,β-unsaturated/α-hetero) is 1. The number of carbonyl (C=O) groups excluding carboxylic acids is 3. The lowest BCUT2D eigenvalue weighted by molar-refractivity contribution is -0.861. The SMILES string of the molecule is COC(=O)c1c(C)[nH]c(C(=O)C[NH+](C)CC(=O)Nc2cccc(F)c2)c1C. The number of likely N-dealkylation sites (N-methyl/N-ethyl adjacent to an activating group) is 1. The quantitative estimate of drug-likeness (QED) is 0.494. The van der Waals surface area contributed by atoms with Gasteiger partial charge in [-0.3, -0.25) is 9.59 Å². The van der Waals surface area contributed by atoms with E-state index in [1.54, 1.807) is 27.0 Å². The van der Waals surface area contributed by atoms with Crippen molar-refractivity contribution in [2.75, 3.05) is 32.6 Å². The van der Waals surface area contributed by atoms with Gasteiger partial charge in [-0.25, -0.2) is 9.18 Å². The Labute approximate surface area is 156 Å². The van der Waals surface area contributed by atoms with E-state index in [9.17, 15) is 18.8 Å². The third kappa shape index (κ3) is 5.01. The standard InChI is InChI=1S/C19H22FN3O4/c1-11-17(19(26)27-4)12(2)21-18(11)15(24)9-23(3)10-16(25)22-14-7-5-6-13(20)8-14/h5-8,21H,9-10H2,1-4H3,(H,22,25)/p+1.